The van der Waals surface area contributed by atoms with E-state index in [2.05, 4.69) is 15.9 Å². The van der Waals surface area contributed by atoms with Crippen molar-refractivity contribution in [1.82, 2.24) is 0 Å². The van der Waals surface area contributed by atoms with Crippen LogP contribution in [0.2, 0.25) is 0 Å². The van der Waals surface area contributed by atoms with E-state index in [1.165, 1.54) is 11.8 Å². The fourth-order valence-corrected chi connectivity index (χ4v) is 3.46. The van der Waals surface area contributed by atoms with Gasteiger partial charge in [-0.1, -0.05) is 34.1 Å². The Morgan fingerprint density at radius 2 is 1.96 bits per heavy atom. The van der Waals surface area contributed by atoms with E-state index in [9.17, 15) is 14.7 Å². The number of anilines is 1. The summed E-state index contributed by atoms with van der Waals surface area (Å²) in [6, 6.07) is 11.9. The number of carbonyl (C=O) groups excluding carboxylic acids is 2. The molecule has 1 aliphatic rings. The van der Waals surface area contributed by atoms with Gasteiger partial charge >= 0.3 is 0 Å². The van der Waals surface area contributed by atoms with E-state index < -0.39 is 17.7 Å². The van der Waals surface area contributed by atoms with Crippen LogP contribution in [0.5, 0.6) is 5.75 Å². The number of hydrogen-bond donors (Lipinski definition) is 1. The topological polar surface area (TPSA) is 66.8 Å². The summed E-state index contributed by atoms with van der Waals surface area (Å²) >= 11 is 3.47. The van der Waals surface area contributed by atoms with Gasteiger partial charge < -0.3 is 9.84 Å². The summed E-state index contributed by atoms with van der Waals surface area (Å²) in [5.41, 5.74) is 2.37. The molecule has 1 atom stereocenters. The Labute approximate surface area is 160 Å². The van der Waals surface area contributed by atoms with Crippen LogP contribution in [0.25, 0.3) is 0 Å². The van der Waals surface area contributed by atoms with Gasteiger partial charge in [-0.3, -0.25) is 14.5 Å². The summed E-state index contributed by atoms with van der Waals surface area (Å²) in [4.78, 5) is 26.4. The number of Topliss-reactive ketones (excluding diaryl/α,β-unsaturated/α-hetero) is 1. The van der Waals surface area contributed by atoms with Crippen molar-refractivity contribution < 1.29 is 19.4 Å². The Bertz CT molecular complexity index is 935. The zero-order valence-corrected chi connectivity index (χ0v) is 16.2. The van der Waals surface area contributed by atoms with Crippen LogP contribution in [0.15, 0.2) is 58.3 Å². The van der Waals surface area contributed by atoms with Crippen molar-refractivity contribution in [3.8, 4) is 5.75 Å². The van der Waals surface area contributed by atoms with Crippen molar-refractivity contribution in [3.63, 3.8) is 0 Å². The van der Waals surface area contributed by atoms with E-state index in [0.29, 0.717) is 17.0 Å². The third-order valence-electron chi connectivity index (χ3n) is 4.43. The predicted molar refractivity (Wildman–Crippen MR) is 102 cm³/mol. The standard InChI is InChI=1S/C20H18BrNO4/c1-11-7-8-14(10-16(11)21)22-18(13-5-4-6-15(9-13)26-3)17(12(2)23)19(24)20(22)25/h4-10,18,24H,1-3H3/t18-/m1/s1. The number of nitrogens with zero attached hydrogens (tertiary/aromatic N) is 1. The summed E-state index contributed by atoms with van der Waals surface area (Å²) < 4.78 is 6.10. The molecule has 6 heteroatoms. The number of amides is 1. The lowest BCUT2D eigenvalue weighted by molar-refractivity contribution is -0.117. The Kier molecular flexibility index (Phi) is 4.87. The van der Waals surface area contributed by atoms with Gasteiger partial charge in [-0.05, 0) is 49.2 Å². The molecule has 2 aromatic rings. The van der Waals surface area contributed by atoms with E-state index >= 15 is 0 Å². The Morgan fingerprint density at radius 1 is 1.23 bits per heavy atom. The minimum absolute atomic E-state index is 0.0833. The van der Waals surface area contributed by atoms with Gasteiger partial charge in [0.05, 0.1) is 18.7 Å². The minimum atomic E-state index is -0.718. The summed E-state index contributed by atoms with van der Waals surface area (Å²) in [7, 11) is 1.55. The van der Waals surface area contributed by atoms with Crippen molar-refractivity contribution in [2.24, 2.45) is 0 Å². The summed E-state index contributed by atoms with van der Waals surface area (Å²) in [5, 5.41) is 10.4. The van der Waals surface area contributed by atoms with Crippen LogP contribution in [-0.2, 0) is 9.59 Å². The molecule has 2 aromatic carbocycles. The highest BCUT2D eigenvalue weighted by molar-refractivity contribution is 9.10. The van der Waals surface area contributed by atoms with Gasteiger partial charge in [0, 0.05) is 10.2 Å². The fraction of sp³-hybridized carbons (Fsp3) is 0.200. The van der Waals surface area contributed by atoms with Crippen molar-refractivity contribution in [2.45, 2.75) is 19.9 Å². The molecule has 0 aromatic heterocycles. The van der Waals surface area contributed by atoms with Crippen LogP contribution < -0.4 is 9.64 Å². The highest BCUT2D eigenvalue weighted by atomic mass is 79.9. The van der Waals surface area contributed by atoms with Gasteiger partial charge in [-0.25, -0.2) is 0 Å². The molecule has 0 radical (unpaired) electrons. The molecule has 0 saturated carbocycles. The average Bonchev–Trinajstić information content (AvgIpc) is 2.89. The molecule has 1 heterocycles. The van der Waals surface area contributed by atoms with Gasteiger partial charge in [-0.2, -0.15) is 0 Å². The molecule has 0 unspecified atom stereocenters. The number of aliphatic hydroxyl groups excluding tert-OH is 1. The SMILES string of the molecule is COc1cccc([C@@H]2C(C(C)=O)=C(O)C(=O)N2c2ccc(C)c(Br)c2)c1. The fourth-order valence-electron chi connectivity index (χ4n) is 3.09. The third-order valence-corrected chi connectivity index (χ3v) is 5.28. The Balaban J connectivity index is 2.20. The molecule has 0 spiro atoms. The molecular weight excluding hydrogens is 398 g/mol. The number of aliphatic hydroxyl groups is 1. The maximum Gasteiger partial charge on any atom is 0.294 e. The normalized spacial score (nSPS) is 17.0. The molecule has 0 bridgehead atoms. The number of carbonyl (C=O) groups is 2. The number of hydrogen-bond acceptors (Lipinski definition) is 4. The quantitative estimate of drug-likeness (QED) is 0.809. The second-order valence-corrected chi connectivity index (χ2v) is 6.96. The van der Waals surface area contributed by atoms with Crippen LogP contribution in [0.4, 0.5) is 5.69 Å². The van der Waals surface area contributed by atoms with Gasteiger partial charge in [0.2, 0.25) is 0 Å². The lowest BCUT2D eigenvalue weighted by Gasteiger charge is -2.27. The molecule has 1 N–H and O–H groups in total. The number of ether oxygens (including phenoxy) is 1. The Morgan fingerprint density at radius 3 is 2.58 bits per heavy atom. The molecule has 0 aliphatic carbocycles. The first kappa shape index (κ1) is 18.2. The first-order valence-electron chi connectivity index (χ1n) is 8.03. The molecule has 1 aliphatic heterocycles. The van der Waals surface area contributed by atoms with E-state index in [1.807, 2.05) is 13.0 Å². The van der Waals surface area contributed by atoms with Crippen molar-refractivity contribution in [3.05, 3.63) is 69.4 Å². The molecule has 1 amide bonds. The number of aryl methyl sites for hydroxylation is 1. The summed E-state index contributed by atoms with van der Waals surface area (Å²) in [6.07, 6.45) is 0. The summed E-state index contributed by atoms with van der Waals surface area (Å²) in [5.74, 6) is -0.854. The highest BCUT2D eigenvalue weighted by Crippen LogP contribution is 2.42. The monoisotopic (exact) mass is 415 g/mol. The number of ketones is 1. The second-order valence-electron chi connectivity index (χ2n) is 6.11. The average molecular weight is 416 g/mol. The second kappa shape index (κ2) is 6.96. The largest absolute Gasteiger partial charge is 0.503 e. The third kappa shape index (κ3) is 3.01. The minimum Gasteiger partial charge on any atom is -0.503 e. The van der Waals surface area contributed by atoms with E-state index in [1.54, 1.807) is 43.5 Å². The van der Waals surface area contributed by atoms with E-state index in [-0.39, 0.29) is 11.4 Å². The molecule has 26 heavy (non-hydrogen) atoms. The van der Waals surface area contributed by atoms with Gasteiger partial charge in [0.25, 0.3) is 5.91 Å². The molecule has 5 nitrogen and oxygen atoms in total. The molecule has 3 rings (SSSR count). The molecule has 0 saturated heterocycles. The number of halogens is 1. The van der Waals surface area contributed by atoms with E-state index in [4.69, 9.17) is 4.74 Å². The summed E-state index contributed by atoms with van der Waals surface area (Å²) in [6.45, 7) is 3.29. The Hall–Kier alpha value is -2.60. The first-order valence-corrected chi connectivity index (χ1v) is 8.82. The van der Waals surface area contributed by atoms with Crippen LogP contribution in [-0.4, -0.2) is 23.9 Å². The van der Waals surface area contributed by atoms with Crippen molar-refractivity contribution in [2.75, 3.05) is 12.0 Å². The number of benzene rings is 2. The van der Waals surface area contributed by atoms with Crippen LogP contribution >= 0.6 is 15.9 Å². The molecular formula is C20H18BrNO4. The smallest absolute Gasteiger partial charge is 0.294 e. The van der Waals surface area contributed by atoms with Gasteiger partial charge in [-0.15, -0.1) is 0 Å². The van der Waals surface area contributed by atoms with Crippen molar-refractivity contribution in [1.29, 1.82) is 0 Å². The predicted octanol–water partition coefficient (Wildman–Crippen LogP) is 4.26. The number of methoxy groups -OCH3 is 1. The van der Waals surface area contributed by atoms with Crippen LogP contribution in [0, 0.1) is 6.92 Å². The highest BCUT2D eigenvalue weighted by Gasteiger charge is 2.43. The first-order chi connectivity index (χ1) is 12.3. The van der Waals surface area contributed by atoms with E-state index in [0.717, 1.165) is 10.0 Å². The zero-order valence-electron chi connectivity index (χ0n) is 14.6. The van der Waals surface area contributed by atoms with Crippen molar-refractivity contribution >= 4 is 33.3 Å². The van der Waals surface area contributed by atoms with Crippen LogP contribution in [0.1, 0.15) is 24.1 Å². The van der Waals surface area contributed by atoms with Gasteiger partial charge in [0.15, 0.2) is 11.5 Å². The maximum absolute atomic E-state index is 12.8. The lowest BCUT2D eigenvalue weighted by Crippen LogP contribution is -2.30. The van der Waals surface area contributed by atoms with Crippen LogP contribution in [0.3, 0.4) is 0 Å². The molecule has 134 valence electrons. The zero-order chi connectivity index (χ0) is 19.0. The maximum atomic E-state index is 12.8. The number of rotatable bonds is 4. The molecule has 0 fully saturated rings. The van der Waals surface area contributed by atoms with Gasteiger partial charge in [0.1, 0.15) is 5.75 Å². The lowest BCUT2D eigenvalue weighted by atomic mass is 9.96.